The number of hydrogen-bond donors (Lipinski definition) is 0. The molecule has 1 aromatic carbocycles. The summed E-state index contributed by atoms with van der Waals surface area (Å²) >= 11 is 2.93. The Bertz CT molecular complexity index is 1270. The Labute approximate surface area is 199 Å². The Morgan fingerprint density at radius 3 is 2.88 bits per heavy atom. The van der Waals surface area contributed by atoms with Crippen molar-refractivity contribution in [3.8, 4) is 10.6 Å². The van der Waals surface area contributed by atoms with Gasteiger partial charge in [-0.05, 0) is 38.8 Å². The van der Waals surface area contributed by atoms with Crippen LogP contribution in [0, 0.1) is 19.7 Å². The highest BCUT2D eigenvalue weighted by Gasteiger charge is 2.32. The van der Waals surface area contributed by atoms with E-state index in [1.807, 2.05) is 11.8 Å². The fourth-order valence-electron chi connectivity index (χ4n) is 4.40. The lowest BCUT2D eigenvalue weighted by Gasteiger charge is -2.32. The van der Waals surface area contributed by atoms with Crippen molar-refractivity contribution in [2.75, 3.05) is 18.8 Å². The highest BCUT2D eigenvalue weighted by molar-refractivity contribution is 7.99. The van der Waals surface area contributed by atoms with Crippen LogP contribution in [0.1, 0.15) is 47.5 Å². The maximum atomic E-state index is 14.1. The van der Waals surface area contributed by atoms with Crippen LogP contribution >= 0.6 is 23.1 Å². The van der Waals surface area contributed by atoms with E-state index >= 15 is 0 Å². The molecule has 172 valence electrons. The molecule has 0 spiro atoms. The molecule has 0 saturated carbocycles. The van der Waals surface area contributed by atoms with Gasteiger partial charge >= 0.3 is 0 Å². The molecule has 2 aliphatic heterocycles. The molecular formula is C23H24FN5O2S2. The maximum Gasteiger partial charge on any atom is 0.257 e. The largest absolute Gasteiger partial charge is 0.342 e. The van der Waals surface area contributed by atoms with E-state index in [-0.39, 0.29) is 35.7 Å². The number of rotatable bonds is 4. The van der Waals surface area contributed by atoms with Gasteiger partial charge < -0.3 is 4.90 Å². The molecule has 1 fully saturated rings. The number of nitrogens with zero attached hydrogens (tertiary/aromatic N) is 5. The van der Waals surface area contributed by atoms with E-state index in [1.165, 1.54) is 29.2 Å². The van der Waals surface area contributed by atoms with E-state index in [9.17, 15) is 14.0 Å². The molecule has 4 heterocycles. The molecule has 2 aliphatic rings. The molecule has 5 rings (SSSR count). The molecule has 2 atom stereocenters. The number of aromatic nitrogens is 4. The minimum atomic E-state index is -0.314. The first kappa shape index (κ1) is 22.2. The summed E-state index contributed by atoms with van der Waals surface area (Å²) in [6.45, 7) is 4.89. The second kappa shape index (κ2) is 8.98. The van der Waals surface area contributed by atoms with Crippen LogP contribution in [0.4, 0.5) is 4.39 Å². The number of halogens is 1. The van der Waals surface area contributed by atoms with Gasteiger partial charge in [0.15, 0.2) is 10.2 Å². The van der Waals surface area contributed by atoms with Crippen molar-refractivity contribution in [1.82, 2.24) is 24.6 Å². The van der Waals surface area contributed by atoms with Gasteiger partial charge in [-0.15, -0.1) is 10.2 Å². The van der Waals surface area contributed by atoms with Gasteiger partial charge in [0, 0.05) is 48.0 Å². The predicted octanol–water partition coefficient (Wildman–Crippen LogP) is 3.96. The molecule has 0 unspecified atom stereocenters. The van der Waals surface area contributed by atoms with Crippen molar-refractivity contribution in [3.05, 3.63) is 56.7 Å². The third kappa shape index (κ3) is 4.21. The first-order valence-electron chi connectivity index (χ1n) is 11.0. The number of likely N-dealkylation sites (tertiary alicyclic amines) is 1. The van der Waals surface area contributed by atoms with Crippen LogP contribution in [-0.2, 0) is 4.79 Å². The molecule has 10 heteroatoms. The number of carbonyl (C=O) groups excluding carboxylic acids is 1. The molecule has 0 radical (unpaired) electrons. The summed E-state index contributed by atoms with van der Waals surface area (Å²) in [5.41, 5.74) is 1.79. The SMILES string of the molecule is Cc1nc2n(c(=O)c1C)[C@H](CC(=O)N1CCC[C@@H](c3nnc(-c4ccccc4F)s3)C1)CS2. The lowest BCUT2D eigenvalue weighted by Crippen LogP contribution is -2.40. The summed E-state index contributed by atoms with van der Waals surface area (Å²) in [7, 11) is 0. The number of piperidine rings is 1. The smallest absolute Gasteiger partial charge is 0.257 e. The molecule has 33 heavy (non-hydrogen) atoms. The Morgan fingerprint density at radius 2 is 2.06 bits per heavy atom. The fraction of sp³-hybridized carbons (Fsp3) is 0.435. The molecule has 7 nitrogen and oxygen atoms in total. The number of carbonyl (C=O) groups is 1. The zero-order valence-corrected chi connectivity index (χ0v) is 20.1. The van der Waals surface area contributed by atoms with Gasteiger partial charge in [-0.3, -0.25) is 14.2 Å². The molecule has 0 bridgehead atoms. The standard InChI is InChI=1S/C23H24FN5O2S2/c1-13-14(2)25-23-29(22(13)31)16(12-32-23)10-19(30)28-9-5-6-15(11-28)20-26-27-21(33-20)17-7-3-4-8-18(17)24/h3-4,7-8,15-16H,5-6,9-12H2,1-2H3/t15-,16-/m1/s1. The minimum absolute atomic E-state index is 0.0436. The van der Waals surface area contributed by atoms with Crippen LogP contribution in [0.25, 0.3) is 10.6 Å². The molecule has 2 aromatic heterocycles. The van der Waals surface area contributed by atoms with Crippen molar-refractivity contribution < 1.29 is 9.18 Å². The second-order valence-corrected chi connectivity index (χ2v) is 10.5. The van der Waals surface area contributed by atoms with Gasteiger partial charge in [0.25, 0.3) is 5.56 Å². The maximum absolute atomic E-state index is 14.1. The summed E-state index contributed by atoms with van der Waals surface area (Å²) in [4.78, 5) is 32.4. The third-order valence-corrected chi connectivity index (χ3v) is 8.62. The lowest BCUT2D eigenvalue weighted by molar-refractivity contribution is -0.133. The molecule has 1 amide bonds. The van der Waals surface area contributed by atoms with Gasteiger partial charge in [-0.1, -0.05) is 35.2 Å². The normalized spacial score (nSPS) is 20.2. The van der Waals surface area contributed by atoms with E-state index < -0.39 is 0 Å². The quantitative estimate of drug-likeness (QED) is 0.521. The fourth-order valence-corrected chi connectivity index (χ4v) is 6.58. The van der Waals surface area contributed by atoms with Gasteiger partial charge in [-0.2, -0.15) is 0 Å². The van der Waals surface area contributed by atoms with Crippen LogP contribution < -0.4 is 5.56 Å². The van der Waals surface area contributed by atoms with Crippen LogP contribution in [0.3, 0.4) is 0 Å². The third-order valence-electron chi connectivity index (χ3n) is 6.40. The number of fused-ring (bicyclic) bond motifs is 1. The number of thioether (sulfide) groups is 1. The Kier molecular flexibility index (Phi) is 6.05. The van der Waals surface area contributed by atoms with Gasteiger partial charge in [-0.25, -0.2) is 9.37 Å². The van der Waals surface area contributed by atoms with Crippen molar-refractivity contribution in [3.63, 3.8) is 0 Å². The first-order chi connectivity index (χ1) is 15.9. The summed E-state index contributed by atoms with van der Waals surface area (Å²) in [6, 6.07) is 6.38. The predicted molar refractivity (Wildman–Crippen MR) is 126 cm³/mol. The topological polar surface area (TPSA) is 81.0 Å². The van der Waals surface area contributed by atoms with E-state index in [2.05, 4.69) is 15.2 Å². The van der Waals surface area contributed by atoms with Crippen LogP contribution in [0.5, 0.6) is 0 Å². The Balaban J connectivity index is 1.29. The van der Waals surface area contributed by atoms with Crippen molar-refractivity contribution in [1.29, 1.82) is 0 Å². The Hall–Kier alpha value is -2.59. The van der Waals surface area contributed by atoms with E-state index in [0.717, 1.165) is 23.5 Å². The zero-order chi connectivity index (χ0) is 23.1. The highest BCUT2D eigenvalue weighted by Crippen LogP contribution is 2.36. The summed E-state index contributed by atoms with van der Waals surface area (Å²) in [5, 5.41) is 10.6. The number of hydrogen-bond acceptors (Lipinski definition) is 7. The van der Waals surface area contributed by atoms with E-state index in [0.29, 0.717) is 40.1 Å². The van der Waals surface area contributed by atoms with Crippen LogP contribution in [0.15, 0.2) is 34.2 Å². The molecule has 3 aromatic rings. The van der Waals surface area contributed by atoms with Gasteiger partial charge in [0.05, 0.1) is 6.04 Å². The van der Waals surface area contributed by atoms with Crippen LogP contribution in [0.2, 0.25) is 0 Å². The average Bonchev–Trinajstić information content (AvgIpc) is 3.46. The lowest BCUT2D eigenvalue weighted by atomic mass is 9.98. The van der Waals surface area contributed by atoms with Gasteiger partial charge in [0.2, 0.25) is 5.91 Å². The van der Waals surface area contributed by atoms with Crippen LogP contribution in [-0.4, -0.2) is 49.4 Å². The van der Waals surface area contributed by atoms with E-state index in [1.54, 1.807) is 29.7 Å². The number of amides is 1. The van der Waals surface area contributed by atoms with Crippen molar-refractivity contribution in [2.45, 2.75) is 50.2 Å². The average molecular weight is 486 g/mol. The Morgan fingerprint density at radius 1 is 1.24 bits per heavy atom. The summed E-state index contributed by atoms with van der Waals surface area (Å²) < 4.78 is 15.8. The monoisotopic (exact) mass is 485 g/mol. The van der Waals surface area contributed by atoms with Gasteiger partial charge in [0.1, 0.15) is 10.8 Å². The van der Waals surface area contributed by atoms with Crippen molar-refractivity contribution >= 4 is 29.0 Å². The van der Waals surface area contributed by atoms with E-state index in [4.69, 9.17) is 0 Å². The molecule has 1 saturated heterocycles. The molecule has 0 aliphatic carbocycles. The molecular weight excluding hydrogens is 461 g/mol. The summed E-state index contributed by atoms with van der Waals surface area (Å²) in [5.74, 6) is 0.490. The second-order valence-electron chi connectivity index (χ2n) is 8.55. The summed E-state index contributed by atoms with van der Waals surface area (Å²) in [6.07, 6.45) is 2.08. The van der Waals surface area contributed by atoms with Crippen molar-refractivity contribution in [2.24, 2.45) is 0 Å². The highest BCUT2D eigenvalue weighted by atomic mass is 32.2. The number of benzene rings is 1. The first-order valence-corrected chi connectivity index (χ1v) is 12.8. The number of aryl methyl sites for hydroxylation is 1. The minimum Gasteiger partial charge on any atom is -0.342 e. The zero-order valence-electron chi connectivity index (χ0n) is 18.5. The molecule has 0 N–H and O–H groups in total.